The minimum Gasteiger partial charge on any atom is -0.309 e. The van der Waals surface area contributed by atoms with Crippen molar-refractivity contribution in [1.29, 1.82) is 0 Å². The number of rotatable bonds is 4. The second-order valence-corrected chi connectivity index (χ2v) is 5.86. The normalized spacial score (nSPS) is 12.4. The van der Waals surface area contributed by atoms with Crippen LogP contribution < -0.4 is 5.32 Å². The summed E-state index contributed by atoms with van der Waals surface area (Å²) in [6.45, 7) is 0. The molecule has 0 radical (unpaired) electrons. The molecule has 0 aliphatic heterocycles. The summed E-state index contributed by atoms with van der Waals surface area (Å²) in [5.74, 6) is 0. The molecule has 0 saturated carbocycles. The Morgan fingerprint density at radius 2 is 1.58 bits per heavy atom. The summed E-state index contributed by atoms with van der Waals surface area (Å²) in [5.41, 5.74) is 2.31. The molecule has 0 aromatic heterocycles. The fourth-order valence-corrected chi connectivity index (χ4v) is 2.73. The molecule has 2 aromatic carbocycles. The molecular formula is C15H15Cl2NS. The van der Waals surface area contributed by atoms with Crippen LogP contribution in [0.1, 0.15) is 17.2 Å². The summed E-state index contributed by atoms with van der Waals surface area (Å²) >= 11 is 13.8. The second-order valence-electron chi connectivity index (χ2n) is 4.17. The standard InChI is InChI=1S/C15H15Cl2NS/c1-18-15(10-3-6-12(19-2)7-4-10)11-5-8-13(16)14(17)9-11/h3-9,15,18H,1-2H3. The lowest BCUT2D eigenvalue weighted by Gasteiger charge is -2.18. The van der Waals surface area contributed by atoms with E-state index < -0.39 is 0 Å². The van der Waals surface area contributed by atoms with Crippen molar-refractivity contribution in [3.63, 3.8) is 0 Å². The zero-order valence-corrected chi connectivity index (χ0v) is 13.1. The minimum atomic E-state index is 0.116. The molecule has 2 rings (SSSR count). The Balaban J connectivity index is 2.34. The number of thioether (sulfide) groups is 1. The maximum atomic E-state index is 6.09. The Morgan fingerprint density at radius 3 is 2.11 bits per heavy atom. The van der Waals surface area contributed by atoms with Crippen LogP contribution in [0.15, 0.2) is 47.4 Å². The molecule has 100 valence electrons. The first-order chi connectivity index (χ1) is 9.15. The van der Waals surface area contributed by atoms with Crippen molar-refractivity contribution < 1.29 is 0 Å². The summed E-state index contributed by atoms with van der Waals surface area (Å²) in [5, 5.41) is 4.48. The molecule has 0 amide bonds. The van der Waals surface area contributed by atoms with Gasteiger partial charge in [-0.3, -0.25) is 0 Å². The number of halogens is 2. The minimum absolute atomic E-state index is 0.116. The van der Waals surface area contributed by atoms with Crippen molar-refractivity contribution in [2.45, 2.75) is 10.9 Å². The Bertz CT molecular complexity index is 555. The van der Waals surface area contributed by atoms with Gasteiger partial charge in [-0.25, -0.2) is 0 Å². The lowest BCUT2D eigenvalue weighted by atomic mass is 9.99. The van der Waals surface area contributed by atoms with Gasteiger partial charge in [-0.2, -0.15) is 0 Å². The highest BCUT2D eigenvalue weighted by Crippen LogP contribution is 2.29. The molecule has 19 heavy (non-hydrogen) atoms. The first kappa shape index (κ1) is 14.7. The van der Waals surface area contributed by atoms with Gasteiger partial charge in [0.2, 0.25) is 0 Å². The maximum absolute atomic E-state index is 6.09. The third kappa shape index (κ3) is 3.46. The van der Waals surface area contributed by atoms with Crippen molar-refractivity contribution in [3.05, 3.63) is 63.6 Å². The van der Waals surface area contributed by atoms with Gasteiger partial charge in [0, 0.05) is 4.90 Å². The number of hydrogen-bond donors (Lipinski definition) is 1. The van der Waals surface area contributed by atoms with Crippen LogP contribution in [0.25, 0.3) is 0 Å². The van der Waals surface area contributed by atoms with Crippen LogP contribution in [-0.2, 0) is 0 Å². The van der Waals surface area contributed by atoms with Gasteiger partial charge in [0.05, 0.1) is 16.1 Å². The van der Waals surface area contributed by atoms with Gasteiger partial charge in [0.25, 0.3) is 0 Å². The van der Waals surface area contributed by atoms with Crippen LogP contribution in [0.2, 0.25) is 10.0 Å². The van der Waals surface area contributed by atoms with E-state index in [0.29, 0.717) is 10.0 Å². The van der Waals surface area contributed by atoms with Crippen LogP contribution in [0.4, 0.5) is 0 Å². The lowest BCUT2D eigenvalue weighted by Crippen LogP contribution is -2.17. The van der Waals surface area contributed by atoms with Gasteiger partial charge >= 0.3 is 0 Å². The zero-order valence-electron chi connectivity index (χ0n) is 10.8. The van der Waals surface area contributed by atoms with Gasteiger partial charge in [0.15, 0.2) is 0 Å². The van der Waals surface area contributed by atoms with E-state index in [2.05, 4.69) is 35.8 Å². The molecule has 0 aliphatic rings. The van der Waals surface area contributed by atoms with Crippen LogP contribution in [0.5, 0.6) is 0 Å². The number of hydrogen-bond acceptors (Lipinski definition) is 2. The van der Waals surface area contributed by atoms with Gasteiger partial charge in [-0.15, -0.1) is 11.8 Å². The van der Waals surface area contributed by atoms with Gasteiger partial charge in [-0.1, -0.05) is 41.4 Å². The Hall–Kier alpha value is -0.670. The second kappa shape index (κ2) is 6.67. The summed E-state index contributed by atoms with van der Waals surface area (Å²) in [4.78, 5) is 1.26. The molecular weight excluding hydrogens is 297 g/mol. The van der Waals surface area contributed by atoms with Crippen LogP contribution in [0, 0.1) is 0 Å². The van der Waals surface area contributed by atoms with Gasteiger partial charge < -0.3 is 5.32 Å². The van der Waals surface area contributed by atoms with E-state index >= 15 is 0 Å². The molecule has 0 bridgehead atoms. The van der Waals surface area contributed by atoms with E-state index in [1.165, 1.54) is 10.5 Å². The van der Waals surface area contributed by atoms with Crippen LogP contribution >= 0.6 is 35.0 Å². The quantitative estimate of drug-likeness (QED) is 0.795. The van der Waals surface area contributed by atoms with E-state index in [4.69, 9.17) is 23.2 Å². The predicted octanol–water partition coefficient (Wildman–Crippen LogP) is 5.02. The van der Waals surface area contributed by atoms with Crippen molar-refractivity contribution in [3.8, 4) is 0 Å². The Kier molecular flexibility index (Phi) is 5.17. The average Bonchev–Trinajstić information content (AvgIpc) is 2.44. The van der Waals surface area contributed by atoms with E-state index in [1.54, 1.807) is 11.8 Å². The molecule has 0 spiro atoms. The van der Waals surface area contributed by atoms with Crippen molar-refractivity contribution in [2.75, 3.05) is 13.3 Å². The largest absolute Gasteiger partial charge is 0.309 e. The van der Waals surface area contributed by atoms with Crippen molar-refractivity contribution in [2.24, 2.45) is 0 Å². The molecule has 0 heterocycles. The third-order valence-corrected chi connectivity index (χ3v) is 4.50. The molecule has 0 saturated heterocycles. The molecule has 1 atom stereocenters. The van der Waals surface area contributed by atoms with E-state index in [0.717, 1.165) is 5.56 Å². The lowest BCUT2D eigenvalue weighted by molar-refractivity contribution is 0.691. The van der Waals surface area contributed by atoms with Crippen LogP contribution in [0.3, 0.4) is 0 Å². The Morgan fingerprint density at radius 1 is 0.947 bits per heavy atom. The monoisotopic (exact) mass is 311 g/mol. The third-order valence-electron chi connectivity index (χ3n) is 3.01. The van der Waals surface area contributed by atoms with Crippen molar-refractivity contribution >= 4 is 35.0 Å². The van der Waals surface area contributed by atoms with E-state index in [9.17, 15) is 0 Å². The summed E-state index contributed by atoms with van der Waals surface area (Å²) < 4.78 is 0. The van der Waals surface area contributed by atoms with Crippen LogP contribution in [-0.4, -0.2) is 13.3 Å². The van der Waals surface area contributed by atoms with Gasteiger partial charge in [-0.05, 0) is 48.7 Å². The summed E-state index contributed by atoms with van der Waals surface area (Å²) in [6, 6.07) is 14.4. The Labute approximate surface area is 128 Å². The topological polar surface area (TPSA) is 12.0 Å². The maximum Gasteiger partial charge on any atom is 0.0595 e. The highest BCUT2D eigenvalue weighted by molar-refractivity contribution is 7.98. The molecule has 0 fully saturated rings. The molecule has 2 aromatic rings. The summed E-state index contributed by atoms with van der Waals surface area (Å²) in [7, 11) is 1.94. The zero-order chi connectivity index (χ0) is 13.8. The first-order valence-corrected chi connectivity index (χ1v) is 7.90. The smallest absolute Gasteiger partial charge is 0.0595 e. The molecule has 0 aliphatic carbocycles. The fourth-order valence-electron chi connectivity index (χ4n) is 2.01. The van der Waals surface area contributed by atoms with E-state index in [1.807, 2.05) is 25.2 Å². The fraction of sp³-hybridized carbons (Fsp3) is 0.200. The van der Waals surface area contributed by atoms with Gasteiger partial charge in [0.1, 0.15) is 0 Å². The molecule has 1 N–H and O–H groups in total. The van der Waals surface area contributed by atoms with E-state index in [-0.39, 0.29) is 6.04 Å². The molecule has 1 unspecified atom stereocenters. The average molecular weight is 312 g/mol. The predicted molar refractivity (Wildman–Crippen MR) is 85.6 cm³/mol. The molecule has 1 nitrogen and oxygen atoms in total. The SMILES string of the molecule is CNC(c1ccc(SC)cc1)c1ccc(Cl)c(Cl)c1. The summed E-state index contributed by atoms with van der Waals surface area (Å²) in [6.07, 6.45) is 2.07. The van der Waals surface area contributed by atoms with Crippen molar-refractivity contribution in [1.82, 2.24) is 5.32 Å². The number of nitrogens with one attached hydrogen (secondary N) is 1. The highest BCUT2D eigenvalue weighted by atomic mass is 35.5. The first-order valence-electron chi connectivity index (χ1n) is 5.92. The highest BCUT2D eigenvalue weighted by Gasteiger charge is 2.13. The number of benzene rings is 2. The molecule has 4 heteroatoms.